The molecule has 0 bridgehead atoms. The molecule has 0 atom stereocenters. The summed E-state index contributed by atoms with van der Waals surface area (Å²) < 4.78 is 6.16. The van der Waals surface area contributed by atoms with E-state index in [9.17, 15) is 0 Å². The lowest BCUT2D eigenvalue weighted by molar-refractivity contribution is 0.299. The van der Waals surface area contributed by atoms with E-state index in [2.05, 4.69) is 80.4 Å². The first-order valence-electron chi connectivity index (χ1n) is 14.9. The van der Waals surface area contributed by atoms with Crippen LogP contribution in [0.3, 0.4) is 0 Å². The Morgan fingerprint density at radius 1 is 0.535 bits per heavy atom. The molecule has 7 heteroatoms. The van der Waals surface area contributed by atoms with Gasteiger partial charge in [-0.2, -0.15) is 0 Å². The van der Waals surface area contributed by atoms with Gasteiger partial charge >= 0.3 is 0 Å². The molecule has 4 heterocycles. The molecule has 0 radical (unpaired) electrons. The number of H-pyrrole nitrogens is 2. The summed E-state index contributed by atoms with van der Waals surface area (Å²) in [5, 5.41) is 19.2. The molecule has 0 spiro atoms. The number of rotatable bonds is 6. The minimum atomic E-state index is 0.605. The maximum atomic E-state index is 8.45. The molecule has 2 aliphatic heterocycles. The summed E-state index contributed by atoms with van der Waals surface area (Å²) in [5.74, 6) is 2.77. The minimum absolute atomic E-state index is 0.605. The second kappa shape index (κ2) is 10.2. The van der Waals surface area contributed by atoms with Crippen LogP contribution in [0.15, 0.2) is 97.1 Å². The van der Waals surface area contributed by atoms with Crippen molar-refractivity contribution in [3.8, 4) is 34.0 Å². The molecule has 4 N–H and O–H groups in total. The lowest BCUT2D eigenvalue weighted by Gasteiger charge is -2.33. The molecule has 8 rings (SSSR count). The Hall–Kier alpha value is -5.30. The average Bonchev–Trinajstić information content (AvgIpc) is 3.60. The highest BCUT2D eigenvalue weighted by Crippen LogP contribution is 2.31. The zero-order chi connectivity index (χ0) is 28.9. The van der Waals surface area contributed by atoms with Crippen LogP contribution in [0.1, 0.15) is 24.0 Å². The Morgan fingerprint density at radius 2 is 0.953 bits per heavy atom. The van der Waals surface area contributed by atoms with E-state index in [1.54, 1.807) is 0 Å². The lowest BCUT2D eigenvalue weighted by Crippen LogP contribution is -2.42. The van der Waals surface area contributed by atoms with Crippen molar-refractivity contribution in [1.82, 2.24) is 19.8 Å². The monoisotopic (exact) mass is 564 g/mol. The molecule has 0 unspecified atom stereocenters. The van der Waals surface area contributed by atoms with E-state index < -0.39 is 0 Å². The molecule has 2 saturated heterocycles. The molecule has 7 nitrogen and oxygen atoms in total. The van der Waals surface area contributed by atoms with Crippen molar-refractivity contribution in [1.29, 1.82) is 10.8 Å². The van der Waals surface area contributed by atoms with Crippen molar-refractivity contribution in [3.63, 3.8) is 0 Å². The topological polar surface area (TPSA) is 95.0 Å². The Balaban J connectivity index is 0.952. The first-order chi connectivity index (χ1) is 21.1. The van der Waals surface area contributed by atoms with Gasteiger partial charge in [0.1, 0.15) is 23.2 Å². The Kier molecular flexibility index (Phi) is 6.03. The fraction of sp³-hybridized carbons (Fsp3) is 0.167. The first-order valence-corrected chi connectivity index (χ1v) is 14.9. The quantitative estimate of drug-likeness (QED) is 0.123. The number of ether oxygens (including phenoxy) is 1. The van der Waals surface area contributed by atoms with Gasteiger partial charge in [-0.1, -0.05) is 24.3 Å². The molecule has 2 fully saturated rings. The SMILES string of the molecule is N=C(c1ccc2cc(-c3ccc(Oc4ccc(-c5cc6ccc(C(=N)N7CCC7)cc6[nH]5)cc4)cc3)[nH]c2c1)N1CCC1. The summed E-state index contributed by atoms with van der Waals surface area (Å²) in [6.07, 6.45) is 2.34. The number of hydrogen-bond acceptors (Lipinski definition) is 3. The van der Waals surface area contributed by atoms with Gasteiger partial charge in [0.2, 0.25) is 0 Å². The van der Waals surface area contributed by atoms with Crippen LogP contribution in [-0.4, -0.2) is 57.6 Å². The van der Waals surface area contributed by atoms with Gasteiger partial charge in [0.15, 0.2) is 0 Å². The van der Waals surface area contributed by atoms with Crippen LogP contribution in [0.4, 0.5) is 0 Å². The van der Waals surface area contributed by atoms with Crippen molar-refractivity contribution in [2.45, 2.75) is 12.8 Å². The zero-order valence-electron chi connectivity index (χ0n) is 23.8. The van der Waals surface area contributed by atoms with Crippen molar-refractivity contribution >= 4 is 33.5 Å². The second-order valence-corrected chi connectivity index (χ2v) is 11.5. The van der Waals surface area contributed by atoms with Crippen molar-refractivity contribution in [2.24, 2.45) is 0 Å². The summed E-state index contributed by atoms with van der Waals surface area (Å²) in [4.78, 5) is 11.3. The van der Waals surface area contributed by atoms with Gasteiger partial charge in [-0.05, 0) is 96.8 Å². The summed E-state index contributed by atoms with van der Waals surface area (Å²) in [6.45, 7) is 3.90. The summed E-state index contributed by atoms with van der Waals surface area (Å²) in [7, 11) is 0. The summed E-state index contributed by atoms with van der Waals surface area (Å²) in [5.41, 5.74) is 8.24. The molecule has 0 saturated carbocycles. The number of nitrogens with zero attached hydrogens (tertiary/aromatic N) is 2. The predicted molar refractivity (Wildman–Crippen MR) is 174 cm³/mol. The first kappa shape index (κ1) is 25.4. The highest BCUT2D eigenvalue weighted by Gasteiger charge is 2.20. The van der Waals surface area contributed by atoms with Crippen LogP contribution < -0.4 is 4.74 Å². The third-order valence-corrected chi connectivity index (χ3v) is 8.70. The number of amidine groups is 2. The maximum Gasteiger partial charge on any atom is 0.128 e. The number of benzene rings is 4. The van der Waals surface area contributed by atoms with Crippen LogP contribution in [-0.2, 0) is 0 Å². The Labute approximate surface area is 249 Å². The van der Waals surface area contributed by atoms with Crippen LogP contribution in [0.2, 0.25) is 0 Å². The number of aromatic nitrogens is 2. The van der Waals surface area contributed by atoms with E-state index in [0.717, 1.165) is 93.1 Å². The van der Waals surface area contributed by atoms with Gasteiger partial charge in [-0.3, -0.25) is 10.8 Å². The van der Waals surface area contributed by atoms with Gasteiger partial charge in [0.25, 0.3) is 0 Å². The van der Waals surface area contributed by atoms with Gasteiger partial charge in [-0.25, -0.2) is 0 Å². The molecule has 212 valence electrons. The van der Waals surface area contributed by atoms with Crippen LogP contribution in [0.5, 0.6) is 11.5 Å². The third-order valence-electron chi connectivity index (χ3n) is 8.70. The lowest BCUT2D eigenvalue weighted by atomic mass is 10.1. The number of aromatic amines is 2. The number of nitrogens with one attached hydrogen (secondary N) is 4. The van der Waals surface area contributed by atoms with Gasteiger partial charge < -0.3 is 24.5 Å². The van der Waals surface area contributed by atoms with E-state index >= 15 is 0 Å². The molecule has 4 aromatic carbocycles. The van der Waals surface area contributed by atoms with Crippen LogP contribution in [0.25, 0.3) is 44.3 Å². The molecular weight excluding hydrogens is 532 g/mol. The summed E-state index contributed by atoms with van der Waals surface area (Å²) >= 11 is 0. The van der Waals surface area contributed by atoms with Crippen LogP contribution >= 0.6 is 0 Å². The maximum absolute atomic E-state index is 8.45. The number of likely N-dealkylation sites (tertiary alicyclic amines) is 2. The van der Waals surface area contributed by atoms with Crippen LogP contribution in [0, 0.1) is 10.8 Å². The number of hydrogen-bond donors (Lipinski definition) is 4. The highest BCUT2D eigenvalue weighted by molar-refractivity contribution is 6.01. The fourth-order valence-corrected chi connectivity index (χ4v) is 5.85. The second-order valence-electron chi connectivity index (χ2n) is 11.5. The minimum Gasteiger partial charge on any atom is -0.457 e. The van der Waals surface area contributed by atoms with E-state index in [0.29, 0.717) is 11.7 Å². The van der Waals surface area contributed by atoms with E-state index in [4.69, 9.17) is 15.6 Å². The molecule has 43 heavy (non-hydrogen) atoms. The van der Waals surface area contributed by atoms with Gasteiger partial charge in [-0.15, -0.1) is 0 Å². The third kappa shape index (κ3) is 4.73. The number of fused-ring (bicyclic) bond motifs is 2. The fourth-order valence-electron chi connectivity index (χ4n) is 5.85. The normalized spacial score (nSPS) is 14.5. The summed E-state index contributed by atoms with van der Waals surface area (Å²) in [6, 6.07) is 33.0. The van der Waals surface area contributed by atoms with Crippen molar-refractivity contribution in [3.05, 3.63) is 108 Å². The Bertz CT molecular complexity index is 1850. The van der Waals surface area contributed by atoms with Crippen molar-refractivity contribution < 1.29 is 4.74 Å². The smallest absolute Gasteiger partial charge is 0.128 e. The van der Waals surface area contributed by atoms with E-state index in [1.807, 2.05) is 36.4 Å². The molecule has 6 aromatic rings. The Morgan fingerprint density at radius 3 is 1.33 bits per heavy atom. The molecule has 0 aliphatic carbocycles. The van der Waals surface area contributed by atoms with Crippen molar-refractivity contribution in [2.75, 3.05) is 26.2 Å². The molecule has 2 aliphatic rings. The largest absolute Gasteiger partial charge is 0.457 e. The molecular formula is C36H32N6O. The molecule has 0 amide bonds. The van der Waals surface area contributed by atoms with E-state index in [1.165, 1.54) is 12.8 Å². The molecule has 2 aromatic heterocycles. The van der Waals surface area contributed by atoms with Gasteiger partial charge in [0.05, 0.1) is 0 Å². The predicted octanol–water partition coefficient (Wildman–Crippen LogP) is 7.84. The average molecular weight is 565 g/mol. The van der Waals surface area contributed by atoms with Gasteiger partial charge in [0, 0.05) is 70.5 Å². The highest BCUT2D eigenvalue weighted by atomic mass is 16.5. The van der Waals surface area contributed by atoms with E-state index in [-0.39, 0.29) is 0 Å². The zero-order valence-corrected chi connectivity index (χ0v) is 23.8. The standard InChI is InChI=1S/C36H32N6O/c37-35(41-15-1-16-41)27-5-3-25-19-31(39-33(25)21-27)23-7-11-29(12-8-23)43-30-13-9-24(10-14-30)32-20-26-4-6-28(22-34(26)40-32)36(38)42-17-2-18-42/h3-14,19-22,37-40H,1-2,15-18H2.